The molecule has 0 radical (unpaired) electrons. The SMILES string of the molecule is CCn1cc(O[C@@H]2COC[C@@H]2NC(=O)c2ccoc2C)cn1. The Bertz CT molecular complexity index is 649. The third kappa shape index (κ3) is 2.99. The Balaban J connectivity index is 1.63. The van der Waals surface area contributed by atoms with E-state index in [2.05, 4.69) is 10.4 Å². The van der Waals surface area contributed by atoms with E-state index >= 15 is 0 Å². The standard InChI is InChI=1S/C15H19N3O4/c1-3-18-7-11(6-16-18)22-14-9-20-8-13(14)17-15(19)12-4-5-21-10(12)2/h4-7,13-14H,3,8-9H2,1-2H3,(H,17,19)/t13-,14+/m0/s1. The summed E-state index contributed by atoms with van der Waals surface area (Å²) < 4.78 is 18.2. The van der Waals surface area contributed by atoms with E-state index in [9.17, 15) is 4.79 Å². The zero-order chi connectivity index (χ0) is 15.5. The smallest absolute Gasteiger partial charge is 0.255 e. The fourth-order valence-corrected chi connectivity index (χ4v) is 2.41. The van der Waals surface area contributed by atoms with E-state index in [0.717, 1.165) is 6.54 Å². The number of hydrogen-bond donors (Lipinski definition) is 1. The molecule has 118 valence electrons. The Morgan fingerprint density at radius 1 is 1.55 bits per heavy atom. The van der Waals surface area contributed by atoms with Crippen molar-refractivity contribution in [1.29, 1.82) is 0 Å². The number of rotatable bonds is 5. The number of ether oxygens (including phenoxy) is 2. The van der Waals surface area contributed by atoms with Gasteiger partial charge in [-0.15, -0.1) is 0 Å². The van der Waals surface area contributed by atoms with Crippen molar-refractivity contribution in [2.45, 2.75) is 32.5 Å². The molecule has 1 aliphatic heterocycles. The predicted molar refractivity (Wildman–Crippen MR) is 77.8 cm³/mol. The fourth-order valence-electron chi connectivity index (χ4n) is 2.41. The van der Waals surface area contributed by atoms with Crippen molar-refractivity contribution in [2.24, 2.45) is 0 Å². The third-order valence-corrected chi connectivity index (χ3v) is 3.67. The van der Waals surface area contributed by atoms with Crippen LogP contribution in [0, 0.1) is 6.92 Å². The molecule has 7 nitrogen and oxygen atoms in total. The first-order valence-electron chi connectivity index (χ1n) is 7.29. The lowest BCUT2D eigenvalue weighted by Crippen LogP contribution is -2.45. The lowest BCUT2D eigenvalue weighted by Gasteiger charge is -2.19. The molecule has 2 atom stereocenters. The lowest BCUT2D eigenvalue weighted by atomic mass is 10.2. The summed E-state index contributed by atoms with van der Waals surface area (Å²) in [5.41, 5.74) is 0.532. The molecular formula is C15H19N3O4. The zero-order valence-corrected chi connectivity index (χ0v) is 12.6. The molecule has 2 aromatic rings. The van der Waals surface area contributed by atoms with E-state index in [1.54, 1.807) is 23.9 Å². The van der Waals surface area contributed by atoms with Gasteiger partial charge in [-0.05, 0) is 19.9 Å². The van der Waals surface area contributed by atoms with Crippen LogP contribution in [0.25, 0.3) is 0 Å². The fraction of sp³-hybridized carbons (Fsp3) is 0.467. The largest absolute Gasteiger partial charge is 0.482 e. The molecule has 0 aromatic carbocycles. The van der Waals surface area contributed by atoms with Crippen LogP contribution >= 0.6 is 0 Å². The molecule has 3 rings (SSSR count). The van der Waals surface area contributed by atoms with Gasteiger partial charge in [0, 0.05) is 6.54 Å². The van der Waals surface area contributed by atoms with Crippen molar-refractivity contribution in [2.75, 3.05) is 13.2 Å². The molecule has 0 aliphatic carbocycles. The van der Waals surface area contributed by atoms with Crippen LogP contribution in [0.2, 0.25) is 0 Å². The molecule has 0 spiro atoms. The summed E-state index contributed by atoms with van der Waals surface area (Å²) >= 11 is 0. The molecule has 1 aliphatic rings. The predicted octanol–water partition coefficient (Wildman–Crippen LogP) is 1.38. The number of amides is 1. The number of carbonyl (C=O) groups excluding carboxylic acids is 1. The highest BCUT2D eigenvalue weighted by Crippen LogP contribution is 2.17. The van der Waals surface area contributed by atoms with E-state index in [4.69, 9.17) is 13.9 Å². The molecule has 1 fully saturated rings. The van der Waals surface area contributed by atoms with E-state index < -0.39 is 0 Å². The second-order valence-corrected chi connectivity index (χ2v) is 5.20. The van der Waals surface area contributed by atoms with E-state index in [0.29, 0.717) is 30.3 Å². The topological polar surface area (TPSA) is 78.5 Å². The van der Waals surface area contributed by atoms with Crippen molar-refractivity contribution in [3.63, 3.8) is 0 Å². The average Bonchev–Trinajstić information content (AvgIpc) is 3.22. The monoisotopic (exact) mass is 305 g/mol. The quantitative estimate of drug-likeness (QED) is 0.903. The minimum atomic E-state index is -0.231. The Hall–Kier alpha value is -2.28. The molecule has 3 heterocycles. The number of hydrogen-bond acceptors (Lipinski definition) is 5. The van der Waals surface area contributed by atoms with Gasteiger partial charge in [-0.1, -0.05) is 0 Å². The molecule has 1 saturated heterocycles. The summed E-state index contributed by atoms with van der Waals surface area (Å²) in [6, 6.07) is 1.45. The van der Waals surface area contributed by atoms with Gasteiger partial charge in [0.25, 0.3) is 5.91 Å². The number of nitrogens with one attached hydrogen (secondary N) is 1. The van der Waals surface area contributed by atoms with Gasteiger partial charge < -0.3 is 19.2 Å². The first-order chi connectivity index (χ1) is 10.7. The number of aromatic nitrogens is 2. The summed E-state index contributed by atoms with van der Waals surface area (Å²) in [5, 5.41) is 7.10. The molecule has 22 heavy (non-hydrogen) atoms. The van der Waals surface area contributed by atoms with Crippen molar-refractivity contribution in [3.05, 3.63) is 36.0 Å². The van der Waals surface area contributed by atoms with Crippen LogP contribution in [0.3, 0.4) is 0 Å². The minimum absolute atomic E-state index is 0.181. The summed E-state index contributed by atoms with van der Waals surface area (Å²) in [4.78, 5) is 12.2. The maximum absolute atomic E-state index is 12.2. The Morgan fingerprint density at radius 3 is 3.09 bits per heavy atom. The van der Waals surface area contributed by atoms with Crippen LogP contribution in [-0.4, -0.2) is 41.0 Å². The molecule has 7 heteroatoms. The van der Waals surface area contributed by atoms with Crippen LogP contribution in [0.1, 0.15) is 23.0 Å². The van der Waals surface area contributed by atoms with Crippen LogP contribution in [0.5, 0.6) is 5.75 Å². The Kier molecular flexibility index (Phi) is 4.15. The molecule has 2 aromatic heterocycles. The highest BCUT2D eigenvalue weighted by molar-refractivity contribution is 5.95. The van der Waals surface area contributed by atoms with Gasteiger partial charge in [-0.2, -0.15) is 5.10 Å². The van der Waals surface area contributed by atoms with E-state index in [-0.39, 0.29) is 18.1 Å². The summed E-state index contributed by atoms with van der Waals surface area (Å²) in [5.74, 6) is 1.09. The molecule has 0 bridgehead atoms. The second-order valence-electron chi connectivity index (χ2n) is 5.20. The van der Waals surface area contributed by atoms with Gasteiger partial charge in [0.15, 0.2) is 5.75 Å². The zero-order valence-electron chi connectivity index (χ0n) is 12.6. The molecular weight excluding hydrogens is 286 g/mol. The van der Waals surface area contributed by atoms with Gasteiger partial charge in [-0.25, -0.2) is 0 Å². The number of carbonyl (C=O) groups is 1. The third-order valence-electron chi connectivity index (χ3n) is 3.67. The molecule has 0 saturated carbocycles. The summed E-state index contributed by atoms with van der Waals surface area (Å²) in [7, 11) is 0. The summed E-state index contributed by atoms with van der Waals surface area (Å²) in [6.45, 7) is 5.41. The maximum Gasteiger partial charge on any atom is 0.255 e. The number of aryl methyl sites for hydroxylation is 2. The average molecular weight is 305 g/mol. The molecule has 1 N–H and O–H groups in total. The van der Waals surface area contributed by atoms with Crippen LogP contribution in [0.4, 0.5) is 0 Å². The van der Waals surface area contributed by atoms with E-state index in [1.165, 1.54) is 6.26 Å². The van der Waals surface area contributed by atoms with Crippen LogP contribution in [0.15, 0.2) is 29.1 Å². The molecule has 1 amide bonds. The van der Waals surface area contributed by atoms with Crippen molar-refractivity contribution in [3.8, 4) is 5.75 Å². The second kappa shape index (κ2) is 6.23. The van der Waals surface area contributed by atoms with Crippen LogP contribution in [-0.2, 0) is 11.3 Å². The van der Waals surface area contributed by atoms with Crippen molar-refractivity contribution < 1.29 is 18.7 Å². The first kappa shape index (κ1) is 14.6. The number of nitrogens with zero attached hydrogens (tertiary/aromatic N) is 2. The lowest BCUT2D eigenvalue weighted by molar-refractivity contribution is 0.0902. The highest BCUT2D eigenvalue weighted by atomic mass is 16.5. The normalized spacial score (nSPS) is 21.0. The first-order valence-corrected chi connectivity index (χ1v) is 7.29. The van der Waals surface area contributed by atoms with Gasteiger partial charge >= 0.3 is 0 Å². The minimum Gasteiger partial charge on any atom is -0.482 e. The van der Waals surface area contributed by atoms with Crippen LogP contribution < -0.4 is 10.1 Å². The van der Waals surface area contributed by atoms with Gasteiger partial charge in [0.1, 0.15) is 11.9 Å². The maximum atomic E-state index is 12.2. The van der Waals surface area contributed by atoms with E-state index in [1.807, 2.05) is 13.1 Å². The van der Waals surface area contributed by atoms with Crippen molar-refractivity contribution >= 4 is 5.91 Å². The van der Waals surface area contributed by atoms with Crippen molar-refractivity contribution in [1.82, 2.24) is 15.1 Å². The Labute approximate surface area is 128 Å². The van der Waals surface area contributed by atoms with Gasteiger partial charge in [-0.3, -0.25) is 9.48 Å². The molecule has 0 unspecified atom stereocenters. The van der Waals surface area contributed by atoms with Gasteiger partial charge in [0.2, 0.25) is 0 Å². The van der Waals surface area contributed by atoms with Gasteiger partial charge in [0.05, 0.1) is 43.5 Å². The Morgan fingerprint density at radius 2 is 2.41 bits per heavy atom. The highest BCUT2D eigenvalue weighted by Gasteiger charge is 2.32. The number of furan rings is 1. The summed E-state index contributed by atoms with van der Waals surface area (Å²) in [6.07, 6.45) is 4.77.